The molecule has 0 unspecified atom stereocenters. The summed E-state index contributed by atoms with van der Waals surface area (Å²) in [6.45, 7) is 3.72. The molecule has 0 aliphatic heterocycles. The predicted molar refractivity (Wildman–Crippen MR) is 98.4 cm³/mol. The molecule has 1 aromatic heterocycles. The fourth-order valence-electron chi connectivity index (χ4n) is 3.21. The number of hydrogen-bond acceptors (Lipinski definition) is 2. The van der Waals surface area contributed by atoms with Crippen LogP contribution in [0.25, 0.3) is 33.4 Å². The van der Waals surface area contributed by atoms with Gasteiger partial charge in [-0.2, -0.15) is 0 Å². The van der Waals surface area contributed by atoms with Gasteiger partial charge in [0.15, 0.2) is 5.69 Å². The second-order valence-corrected chi connectivity index (χ2v) is 6.29. The van der Waals surface area contributed by atoms with Crippen LogP contribution in [0.2, 0.25) is 0 Å². The summed E-state index contributed by atoms with van der Waals surface area (Å²) < 4.78 is 1.79. The van der Waals surface area contributed by atoms with Crippen LogP contribution in [-0.4, -0.2) is 9.94 Å². The molecule has 0 amide bonds. The van der Waals surface area contributed by atoms with Crippen LogP contribution < -0.4 is 4.73 Å². The number of imidazole rings is 1. The van der Waals surface area contributed by atoms with Crippen molar-refractivity contribution in [2.24, 2.45) is 0 Å². The van der Waals surface area contributed by atoms with Crippen molar-refractivity contribution >= 4 is 10.8 Å². The number of nitrogens with zero attached hydrogens (tertiary/aromatic N) is 2. The summed E-state index contributed by atoms with van der Waals surface area (Å²) in [6, 6.07) is 21.4. The van der Waals surface area contributed by atoms with Gasteiger partial charge >= 0.3 is 5.82 Å². The van der Waals surface area contributed by atoms with Gasteiger partial charge in [-0.3, -0.25) is 0 Å². The van der Waals surface area contributed by atoms with Gasteiger partial charge in [0.05, 0.1) is 5.56 Å². The quantitative estimate of drug-likeness (QED) is 0.335. The van der Waals surface area contributed by atoms with Crippen LogP contribution >= 0.6 is 0 Å². The van der Waals surface area contributed by atoms with E-state index in [0.29, 0.717) is 17.0 Å². The average Bonchev–Trinajstić information content (AvgIpc) is 2.85. The van der Waals surface area contributed by atoms with Gasteiger partial charge in [-0.05, 0) is 34.6 Å². The predicted octanol–water partition coefficient (Wildman–Crippen LogP) is 4.46. The monoisotopic (exact) mass is 330 g/mol. The van der Waals surface area contributed by atoms with E-state index >= 15 is 0 Å². The molecule has 4 nitrogen and oxygen atoms in total. The minimum atomic E-state index is 0.221. The zero-order valence-corrected chi connectivity index (χ0v) is 14.1. The SMILES string of the molecule is Cc1ccc(-c2c(C)[n+]([O-])c(-c3ccc4ccccc4c3)n2O)cc1. The minimum absolute atomic E-state index is 0.221. The van der Waals surface area contributed by atoms with Crippen molar-refractivity contribution in [2.75, 3.05) is 0 Å². The summed E-state index contributed by atoms with van der Waals surface area (Å²) >= 11 is 0. The first-order valence-electron chi connectivity index (χ1n) is 8.16. The van der Waals surface area contributed by atoms with Gasteiger partial charge in [0.1, 0.15) is 0 Å². The molecular formula is C21H18N2O2. The lowest BCUT2D eigenvalue weighted by Gasteiger charge is -2.05. The molecule has 124 valence electrons. The Morgan fingerprint density at radius 3 is 2.20 bits per heavy atom. The summed E-state index contributed by atoms with van der Waals surface area (Å²) in [7, 11) is 0. The van der Waals surface area contributed by atoms with Crippen molar-refractivity contribution in [2.45, 2.75) is 13.8 Å². The first-order chi connectivity index (χ1) is 12.1. The molecule has 0 fully saturated rings. The Morgan fingerprint density at radius 1 is 0.840 bits per heavy atom. The van der Waals surface area contributed by atoms with Crippen LogP contribution in [0.4, 0.5) is 0 Å². The van der Waals surface area contributed by atoms with E-state index in [1.165, 1.54) is 0 Å². The van der Waals surface area contributed by atoms with Crippen LogP contribution in [0, 0.1) is 19.1 Å². The first kappa shape index (κ1) is 15.3. The van der Waals surface area contributed by atoms with Crippen molar-refractivity contribution in [3.63, 3.8) is 0 Å². The highest BCUT2D eigenvalue weighted by molar-refractivity contribution is 5.86. The van der Waals surface area contributed by atoms with Crippen molar-refractivity contribution in [1.29, 1.82) is 0 Å². The van der Waals surface area contributed by atoms with Gasteiger partial charge in [-0.25, -0.2) is 4.73 Å². The molecule has 0 spiro atoms. The summed E-state index contributed by atoms with van der Waals surface area (Å²) in [5.74, 6) is 0.221. The van der Waals surface area contributed by atoms with Crippen molar-refractivity contribution in [3.8, 4) is 22.6 Å². The highest BCUT2D eigenvalue weighted by Crippen LogP contribution is 2.29. The summed E-state index contributed by atoms with van der Waals surface area (Å²) in [5.41, 5.74) is 3.59. The molecule has 3 aromatic carbocycles. The van der Waals surface area contributed by atoms with E-state index in [1.54, 1.807) is 6.92 Å². The Bertz CT molecular complexity index is 1080. The molecule has 0 saturated carbocycles. The van der Waals surface area contributed by atoms with Gasteiger partial charge in [0, 0.05) is 12.5 Å². The van der Waals surface area contributed by atoms with E-state index in [4.69, 9.17) is 0 Å². The Kier molecular flexibility index (Phi) is 3.46. The largest absolute Gasteiger partial charge is 0.710 e. The molecule has 4 rings (SSSR count). The fraction of sp³-hybridized carbons (Fsp3) is 0.0952. The molecule has 0 radical (unpaired) electrons. The van der Waals surface area contributed by atoms with Gasteiger partial charge in [0.25, 0.3) is 0 Å². The number of aromatic nitrogens is 2. The maximum atomic E-state index is 12.7. The molecule has 4 aromatic rings. The third-order valence-electron chi connectivity index (χ3n) is 4.58. The van der Waals surface area contributed by atoms with E-state index in [9.17, 15) is 10.4 Å². The fourth-order valence-corrected chi connectivity index (χ4v) is 3.21. The third kappa shape index (κ3) is 2.43. The number of benzene rings is 3. The standard InChI is InChI=1S/C21H18N2O2/c1-14-7-9-17(10-8-14)20-15(2)22(24)21(23(20)25)19-12-11-16-5-3-4-6-18(16)13-19/h3-13,25H,1-2H3. The zero-order chi connectivity index (χ0) is 17.6. The highest BCUT2D eigenvalue weighted by Gasteiger charge is 2.27. The molecule has 1 N–H and O–H groups in total. The Balaban J connectivity index is 1.93. The smallest absolute Gasteiger partial charge is 0.332 e. The lowest BCUT2D eigenvalue weighted by molar-refractivity contribution is -0.600. The molecule has 25 heavy (non-hydrogen) atoms. The van der Waals surface area contributed by atoms with Gasteiger partial charge in [0.2, 0.25) is 5.69 Å². The maximum absolute atomic E-state index is 12.7. The molecule has 0 aliphatic rings. The molecule has 0 atom stereocenters. The van der Waals surface area contributed by atoms with Gasteiger partial charge in [-0.1, -0.05) is 60.2 Å². The summed E-state index contributed by atoms with van der Waals surface area (Å²) in [5, 5.41) is 25.6. The second-order valence-electron chi connectivity index (χ2n) is 6.29. The normalized spacial score (nSPS) is 11.1. The molecule has 0 bridgehead atoms. The number of hydrogen-bond donors (Lipinski definition) is 1. The van der Waals surface area contributed by atoms with Crippen LogP contribution in [0.1, 0.15) is 11.3 Å². The lowest BCUT2D eigenvalue weighted by atomic mass is 10.1. The number of fused-ring (bicyclic) bond motifs is 1. The van der Waals surface area contributed by atoms with Crippen molar-refractivity contribution in [3.05, 3.63) is 83.2 Å². The average molecular weight is 330 g/mol. The maximum Gasteiger partial charge on any atom is 0.332 e. The molecule has 4 heteroatoms. The first-order valence-corrected chi connectivity index (χ1v) is 8.16. The lowest BCUT2D eigenvalue weighted by Crippen LogP contribution is -2.30. The summed E-state index contributed by atoms with van der Waals surface area (Å²) in [4.78, 5) is 0. The second kappa shape index (κ2) is 5.67. The number of aryl methyl sites for hydroxylation is 1. The van der Waals surface area contributed by atoms with Crippen molar-refractivity contribution < 1.29 is 9.94 Å². The van der Waals surface area contributed by atoms with Crippen molar-refractivity contribution in [1.82, 2.24) is 4.73 Å². The van der Waals surface area contributed by atoms with E-state index in [-0.39, 0.29) is 5.82 Å². The molecule has 0 saturated heterocycles. The van der Waals surface area contributed by atoms with Gasteiger partial charge < -0.3 is 10.4 Å². The Labute approximate surface area is 145 Å². The van der Waals surface area contributed by atoms with E-state index in [0.717, 1.165) is 31.4 Å². The van der Waals surface area contributed by atoms with Crippen LogP contribution in [0.5, 0.6) is 0 Å². The van der Waals surface area contributed by atoms with Crippen LogP contribution in [0.3, 0.4) is 0 Å². The molecule has 0 aliphatic carbocycles. The Morgan fingerprint density at radius 2 is 1.48 bits per heavy atom. The Hall–Kier alpha value is -3.27. The third-order valence-corrected chi connectivity index (χ3v) is 4.58. The van der Waals surface area contributed by atoms with E-state index in [1.807, 2.05) is 73.7 Å². The number of rotatable bonds is 2. The highest BCUT2D eigenvalue weighted by atomic mass is 16.5. The topological polar surface area (TPSA) is 52.1 Å². The zero-order valence-electron chi connectivity index (χ0n) is 14.1. The summed E-state index contributed by atoms with van der Waals surface area (Å²) in [6.07, 6.45) is 0. The molecule has 1 heterocycles. The van der Waals surface area contributed by atoms with Crippen LogP contribution in [-0.2, 0) is 0 Å². The van der Waals surface area contributed by atoms with Gasteiger partial charge in [-0.15, -0.1) is 0 Å². The molecular weight excluding hydrogens is 312 g/mol. The van der Waals surface area contributed by atoms with E-state index in [2.05, 4.69) is 0 Å². The minimum Gasteiger partial charge on any atom is -0.710 e. The van der Waals surface area contributed by atoms with E-state index < -0.39 is 0 Å². The van der Waals surface area contributed by atoms with Crippen LogP contribution in [0.15, 0.2) is 66.7 Å².